The van der Waals surface area contributed by atoms with Crippen molar-refractivity contribution in [3.8, 4) is 0 Å². The van der Waals surface area contributed by atoms with Crippen LogP contribution >= 0.6 is 15.9 Å². The average molecular weight is 427 g/mol. The minimum absolute atomic E-state index is 0.0187. The molecule has 1 saturated heterocycles. The van der Waals surface area contributed by atoms with E-state index in [1.807, 2.05) is 17.0 Å². The van der Waals surface area contributed by atoms with Crippen LogP contribution in [0, 0.1) is 0 Å². The van der Waals surface area contributed by atoms with Crippen molar-refractivity contribution in [3.05, 3.63) is 40.6 Å². The molecule has 136 valence electrons. The zero-order valence-corrected chi connectivity index (χ0v) is 15.0. The van der Waals surface area contributed by atoms with E-state index in [1.165, 1.54) is 12.3 Å². The van der Waals surface area contributed by atoms with E-state index in [-0.39, 0.29) is 5.82 Å². The van der Waals surface area contributed by atoms with E-state index in [0.717, 1.165) is 11.6 Å². The second-order valence-electron chi connectivity index (χ2n) is 5.91. The highest BCUT2D eigenvalue weighted by atomic mass is 79.9. The molecule has 26 heavy (non-hydrogen) atoms. The quantitative estimate of drug-likeness (QED) is 0.635. The molecule has 0 radical (unpaired) electrons. The van der Waals surface area contributed by atoms with Crippen molar-refractivity contribution >= 4 is 38.9 Å². The normalized spacial score (nSPS) is 15.7. The lowest BCUT2D eigenvalue weighted by Gasteiger charge is -2.36. The number of imidazole rings is 1. The van der Waals surface area contributed by atoms with E-state index in [2.05, 4.69) is 35.9 Å². The van der Waals surface area contributed by atoms with Gasteiger partial charge in [0.05, 0.1) is 11.1 Å². The summed E-state index contributed by atoms with van der Waals surface area (Å²) in [5.74, 6) is 0.650. The van der Waals surface area contributed by atoms with Gasteiger partial charge < -0.3 is 14.8 Å². The molecule has 3 aromatic heterocycles. The number of hydrogen-bond acceptors (Lipinski definition) is 5. The summed E-state index contributed by atoms with van der Waals surface area (Å²) in [5.41, 5.74) is 0.710. The minimum Gasteiger partial charge on any atom is -0.353 e. The van der Waals surface area contributed by atoms with Gasteiger partial charge in [-0.2, -0.15) is 18.2 Å². The standard InChI is InChI=1S/C16H14BrF3N6/c17-12-4-3-11-13(23-12)24-15(22-11)26-8-6-25(7-9-26)14-10(16(18,19)20)2-1-5-21-14/h1-5H,6-9H2,(H,22,23,24). The number of H-pyrrole nitrogens is 1. The molecule has 1 aliphatic rings. The Bertz CT molecular complexity index is 933. The molecule has 0 unspecified atom stereocenters. The largest absolute Gasteiger partial charge is 0.419 e. The van der Waals surface area contributed by atoms with E-state index in [1.54, 1.807) is 4.90 Å². The Morgan fingerprint density at radius 2 is 1.73 bits per heavy atom. The highest BCUT2D eigenvalue weighted by molar-refractivity contribution is 9.10. The molecule has 10 heteroatoms. The lowest BCUT2D eigenvalue weighted by Crippen LogP contribution is -2.47. The highest BCUT2D eigenvalue weighted by Crippen LogP contribution is 2.35. The van der Waals surface area contributed by atoms with Crippen LogP contribution in [0.25, 0.3) is 11.2 Å². The zero-order chi connectivity index (χ0) is 18.3. The summed E-state index contributed by atoms with van der Waals surface area (Å²) in [6.45, 7) is 1.92. The Morgan fingerprint density at radius 1 is 1.00 bits per heavy atom. The molecule has 0 amide bonds. The van der Waals surface area contributed by atoms with Gasteiger partial charge in [0, 0.05) is 32.4 Å². The molecule has 0 bridgehead atoms. The van der Waals surface area contributed by atoms with E-state index < -0.39 is 11.7 Å². The van der Waals surface area contributed by atoms with Crippen LogP contribution < -0.4 is 9.80 Å². The van der Waals surface area contributed by atoms with Crippen LogP contribution in [-0.4, -0.2) is 46.1 Å². The molecule has 0 aromatic carbocycles. The Balaban J connectivity index is 1.52. The van der Waals surface area contributed by atoms with Crippen LogP contribution in [0.1, 0.15) is 5.56 Å². The molecule has 0 spiro atoms. The van der Waals surface area contributed by atoms with Crippen LogP contribution in [0.4, 0.5) is 24.9 Å². The van der Waals surface area contributed by atoms with Crippen LogP contribution in [-0.2, 0) is 6.18 Å². The molecule has 4 heterocycles. The summed E-state index contributed by atoms with van der Waals surface area (Å²) >= 11 is 3.31. The number of alkyl halides is 3. The monoisotopic (exact) mass is 426 g/mol. The Morgan fingerprint density at radius 3 is 2.46 bits per heavy atom. The molecular formula is C16H14BrF3N6. The first-order valence-corrected chi connectivity index (χ1v) is 8.75. The summed E-state index contributed by atoms with van der Waals surface area (Å²) in [7, 11) is 0. The van der Waals surface area contributed by atoms with Gasteiger partial charge in [0.2, 0.25) is 5.95 Å². The minimum atomic E-state index is -4.42. The van der Waals surface area contributed by atoms with E-state index >= 15 is 0 Å². The molecule has 4 rings (SSSR count). The number of pyridine rings is 2. The van der Waals surface area contributed by atoms with Crippen LogP contribution in [0.15, 0.2) is 35.1 Å². The number of nitrogens with zero attached hydrogens (tertiary/aromatic N) is 5. The molecule has 6 nitrogen and oxygen atoms in total. The van der Waals surface area contributed by atoms with Gasteiger partial charge in [0.25, 0.3) is 0 Å². The first-order valence-electron chi connectivity index (χ1n) is 7.96. The van der Waals surface area contributed by atoms with Crippen molar-refractivity contribution in [2.24, 2.45) is 0 Å². The van der Waals surface area contributed by atoms with Crippen LogP contribution in [0.2, 0.25) is 0 Å². The molecule has 0 atom stereocenters. The second-order valence-corrected chi connectivity index (χ2v) is 6.72. The van der Waals surface area contributed by atoms with Gasteiger partial charge in [0.15, 0.2) is 5.65 Å². The molecule has 1 fully saturated rings. The number of piperazine rings is 1. The maximum atomic E-state index is 13.2. The van der Waals surface area contributed by atoms with Crippen molar-refractivity contribution in [2.45, 2.75) is 6.18 Å². The average Bonchev–Trinajstić information content (AvgIpc) is 3.04. The van der Waals surface area contributed by atoms with E-state index in [9.17, 15) is 13.2 Å². The zero-order valence-electron chi connectivity index (χ0n) is 13.5. The number of aromatic amines is 1. The van der Waals surface area contributed by atoms with Gasteiger partial charge in [-0.1, -0.05) is 0 Å². The van der Waals surface area contributed by atoms with Gasteiger partial charge in [-0.05, 0) is 40.2 Å². The number of nitrogens with one attached hydrogen (secondary N) is 1. The van der Waals surface area contributed by atoms with E-state index in [0.29, 0.717) is 42.4 Å². The fourth-order valence-electron chi connectivity index (χ4n) is 3.01. The number of rotatable bonds is 2. The smallest absolute Gasteiger partial charge is 0.353 e. The first kappa shape index (κ1) is 17.1. The maximum Gasteiger partial charge on any atom is 0.419 e. The third kappa shape index (κ3) is 3.20. The van der Waals surface area contributed by atoms with Gasteiger partial charge in [0.1, 0.15) is 10.4 Å². The van der Waals surface area contributed by atoms with Gasteiger partial charge in [-0.15, -0.1) is 0 Å². The van der Waals surface area contributed by atoms with Crippen molar-refractivity contribution in [1.29, 1.82) is 0 Å². The number of aromatic nitrogens is 4. The number of anilines is 2. The molecule has 1 aliphatic heterocycles. The van der Waals surface area contributed by atoms with Crippen molar-refractivity contribution in [3.63, 3.8) is 0 Å². The number of hydrogen-bond donors (Lipinski definition) is 1. The van der Waals surface area contributed by atoms with Crippen molar-refractivity contribution in [2.75, 3.05) is 36.0 Å². The molecular weight excluding hydrogens is 413 g/mol. The van der Waals surface area contributed by atoms with Crippen LogP contribution in [0.3, 0.4) is 0 Å². The first-order chi connectivity index (χ1) is 12.4. The lowest BCUT2D eigenvalue weighted by molar-refractivity contribution is -0.137. The summed E-state index contributed by atoms with van der Waals surface area (Å²) in [5, 5.41) is 0. The SMILES string of the molecule is FC(F)(F)c1cccnc1N1CCN(c2nc3nc(Br)ccc3[nH]2)CC1. The third-order valence-electron chi connectivity index (χ3n) is 4.27. The fraction of sp³-hybridized carbons (Fsp3) is 0.312. The Labute approximate surface area is 155 Å². The summed E-state index contributed by atoms with van der Waals surface area (Å²) in [6.07, 6.45) is -3.03. The molecule has 1 N–H and O–H groups in total. The number of fused-ring (bicyclic) bond motifs is 1. The lowest BCUT2D eigenvalue weighted by atomic mass is 10.2. The molecule has 0 saturated carbocycles. The third-order valence-corrected chi connectivity index (χ3v) is 4.71. The number of halogens is 4. The van der Waals surface area contributed by atoms with E-state index in [4.69, 9.17) is 0 Å². The summed E-state index contributed by atoms with van der Waals surface area (Å²) in [6, 6.07) is 6.07. The van der Waals surface area contributed by atoms with Crippen LogP contribution in [0.5, 0.6) is 0 Å². The highest BCUT2D eigenvalue weighted by Gasteiger charge is 2.36. The van der Waals surface area contributed by atoms with Gasteiger partial charge in [-0.25, -0.2) is 9.97 Å². The predicted octanol–water partition coefficient (Wildman–Crippen LogP) is 3.46. The summed E-state index contributed by atoms with van der Waals surface area (Å²) in [4.78, 5) is 19.6. The molecule has 0 aliphatic carbocycles. The van der Waals surface area contributed by atoms with Gasteiger partial charge >= 0.3 is 6.18 Å². The molecule has 3 aromatic rings. The topological polar surface area (TPSA) is 60.9 Å². The Kier molecular flexibility index (Phi) is 4.22. The Hall–Kier alpha value is -2.36. The van der Waals surface area contributed by atoms with Crippen molar-refractivity contribution < 1.29 is 13.2 Å². The second kappa shape index (κ2) is 6.42. The predicted molar refractivity (Wildman–Crippen MR) is 95.3 cm³/mol. The maximum absolute atomic E-state index is 13.2. The summed E-state index contributed by atoms with van der Waals surface area (Å²) < 4.78 is 40.3. The fourth-order valence-corrected chi connectivity index (χ4v) is 3.31. The van der Waals surface area contributed by atoms with Crippen molar-refractivity contribution in [1.82, 2.24) is 19.9 Å². The van der Waals surface area contributed by atoms with Gasteiger partial charge in [-0.3, -0.25) is 0 Å².